The van der Waals surface area contributed by atoms with Gasteiger partial charge in [-0.2, -0.15) is 13.8 Å². The van der Waals surface area contributed by atoms with Gasteiger partial charge in [-0.15, -0.1) is 0 Å². The molecule has 0 saturated carbocycles. The van der Waals surface area contributed by atoms with Crippen LogP contribution in [0.2, 0.25) is 0 Å². The Labute approximate surface area is 203 Å². The number of carbonyl (C=O) groups excluding carboxylic acids is 1. The van der Waals surface area contributed by atoms with Crippen LogP contribution in [0.3, 0.4) is 0 Å². The van der Waals surface area contributed by atoms with Crippen LogP contribution in [0.4, 0.5) is 8.78 Å². The minimum atomic E-state index is -0.646. The Morgan fingerprint density at radius 1 is 1.03 bits per heavy atom. The van der Waals surface area contributed by atoms with Gasteiger partial charge in [-0.3, -0.25) is 9.69 Å². The Kier molecular flexibility index (Phi) is 8.27. The molecule has 1 fully saturated rings. The number of hydrogen-bond donors (Lipinski definition) is 1. The van der Waals surface area contributed by atoms with Crippen molar-refractivity contribution in [2.45, 2.75) is 13.0 Å². The van der Waals surface area contributed by atoms with Gasteiger partial charge in [0.05, 0.1) is 13.0 Å². The molecule has 10 heteroatoms. The van der Waals surface area contributed by atoms with E-state index in [-0.39, 0.29) is 30.6 Å². The second-order valence-corrected chi connectivity index (χ2v) is 8.43. The van der Waals surface area contributed by atoms with Gasteiger partial charge in [0.2, 0.25) is 23.7 Å². The lowest BCUT2D eigenvalue weighted by molar-refractivity contribution is -0.120. The maximum atomic E-state index is 14.7. The van der Waals surface area contributed by atoms with E-state index >= 15 is 0 Å². The van der Waals surface area contributed by atoms with Crippen molar-refractivity contribution in [1.82, 2.24) is 30.1 Å². The average Bonchev–Trinajstić information content (AvgIpc) is 2.85. The van der Waals surface area contributed by atoms with Crippen LogP contribution in [-0.4, -0.2) is 77.0 Å². The Morgan fingerprint density at radius 3 is 2.51 bits per heavy atom. The van der Waals surface area contributed by atoms with E-state index < -0.39 is 11.9 Å². The van der Waals surface area contributed by atoms with E-state index in [9.17, 15) is 13.6 Å². The number of nitrogens with zero attached hydrogens (tertiary/aromatic N) is 5. The van der Waals surface area contributed by atoms with Crippen LogP contribution in [-0.2, 0) is 17.8 Å². The van der Waals surface area contributed by atoms with Crippen molar-refractivity contribution in [2.24, 2.45) is 0 Å². The van der Waals surface area contributed by atoms with Gasteiger partial charge < -0.3 is 15.0 Å². The summed E-state index contributed by atoms with van der Waals surface area (Å²) in [5.74, 6) is -1.05. The lowest BCUT2D eigenvalue weighted by atomic mass is 10.0. The lowest BCUT2D eigenvalue weighted by Gasteiger charge is -2.32. The standard InChI is InChI=1S/C25H28F2N6O2/c1-32-10-12-33(13-11-32)14-15-35-24-7-6-20(25(27)31-24)19-4-2-18(3-5-19)16-23(34)29-17-22-28-9-8-21(26)30-22/h2-9H,10-17H2,1H3,(H,29,34). The van der Waals surface area contributed by atoms with E-state index in [2.05, 4.69) is 37.1 Å². The van der Waals surface area contributed by atoms with Gasteiger partial charge >= 0.3 is 0 Å². The van der Waals surface area contributed by atoms with E-state index in [1.807, 2.05) is 0 Å². The molecule has 1 aliphatic heterocycles. The van der Waals surface area contributed by atoms with Crippen LogP contribution >= 0.6 is 0 Å². The number of likely N-dealkylation sites (N-methyl/N-ethyl adjacent to an activating group) is 1. The number of amides is 1. The van der Waals surface area contributed by atoms with E-state index in [1.165, 1.54) is 6.20 Å². The van der Waals surface area contributed by atoms with Gasteiger partial charge in [-0.25, -0.2) is 9.97 Å². The molecule has 1 amide bonds. The van der Waals surface area contributed by atoms with Crippen LogP contribution in [0, 0.1) is 11.9 Å². The molecular formula is C25H28F2N6O2. The second-order valence-electron chi connectivity index (χ2n) is 8.43. The van der Waals surface area contributed by atoms with Crippen molar-refractivity contribution in [3.05, 3.63) is 71.9 Å². The number of piperazine rings is 1. The van der Waals surface area contributed by atoms with E-state index in [0.717, 1.165) is 44.4 Å². The molecule has 0 atom stereocenters. The third-order valence-corrected chi connectivity index (χ3v) is 5.82. The summed E-state index contributed by atoms with van der Waals surface area (Å²) in [7, 11) is 2.11. The number of aromatic nitrogens is 3. The molecule has 8 nitrogen and oxygen atoms in total. The normalized spacial score (nSPS) is 14.6. The topological polar surface area (TPSA) is 83.5 Å². The summed E-state index contributed by atoms with van der Waals surface area (Å²) in [6.45, 7) is 5.35. The lowest BCUT2D eigenvalue weighted by Crippen LogP contribution is -2.45. The molecule has 3 aromatic rings. The zero-order valence-corrected chi connectivity index (χ0v) is 19.6. The summed E-state index contributed by atoms with van der Waals surface area (Å²) in [6, 6.07) is 11.5. The zero-order chi connectivity index (χ0) is 24.6. The minimum absolute atomic E-state index is 0.0371. The first-order valence-corrected chi connectivity index (χ1v) is 11.5. The fraction of sp³-hybridized carbons (Fsp3) is 0.360. The Hall–Kier alpha value is -3.50. The van der Waals surface area contributed by atoms with Crippen molar-refractivity contribution in [1.29, 1.82) is 0 Å². The largest absolute Gasteiger partial charge is 0.476 e. The van der Waals surface area contributed by atoms with Crippen LogP contribution in [0.1, 0.15) is 11.4 Å². The number of halogens is 2. The molecule has 2 aromatic heterocycles. The molecule has 1 aliphatic rings. The third-order valence-electron chi connectivity index (χ3n) is 5.82. The third kappa shape index (κ3) is 7.24. The first-order chi connectivity index (χ1) is 17.0. The monoisotopic (exact) mass is 482 g/mol. The van der Waals surface area contributed by atoms with Gasteiger partial charge in [0, 0.05) is 56.6 Å². The summed E-state index contributed by atoms with van der Waals surface area (Å²) in [4.78, 5) is 28.2. The van der Waals surface area contributed by atoms with E-state index in [1.54, 1.807) is 36.4 Å². The molecule has 0 radical (unpaired) electrons. The quantitative estimate of drug-likeness (QED) is 0.370. The first kappa shape index (κ1) is 24.6. The summed E-state index contributed by atoms with van der Waals surface area (Å²) in [5.41, 5.74) is 1.76. The SMILES string of the molecule is CN1CCN(CCOc2ccc(-c3ccc(CC(=O)NCc4nccc(F)n4)cc3)c(F)n2)CC1. The molecule has 35 heavy (non-hydrogen) atoms. The van der Waals surface area contributed by atoms with Crippen LogP contribution in [0.5, 0.6) is 5.88 Å². The molecule has 0 bridgehead atoms. The average molecular weight is 483 g/mol. The number of ether oxygens (including phenoxy) is 1. The zero-order valence-electron chi connectivity index (χ0n) is 19.6. The smallest absolute Gasteiger partial charge is 0.224 e. The molecule has 0 unspecified atom stereocenters. The number of nitrogens with one attached hydrogen (secondary N) is 1. The molecule has 184 valence electrons. The molecule has 1 N–H and O–H groups in total. The Morgan fingerprint density at radius 2 is 1.80 bits per heavy atom. The second kappa shape index (κ2) is 11.8. The van der Waals surface area contributed by atoms with Crippen molar-refractivity contribution in [2.75, 3.05) is 46.4 Å². The van der Waals surface area contributed by atoms with Gasteiger partial charge in [-0.05, 0) is 24.2 Å². The van der Waals surface area contributed by atoms with Crippen molar-refractivity contribution in [3.8, 4) is 17.0 Å². The van der Waals surface area contributed by atoms with E-state index in [4.69, 9.17) is 4.74 Å². The molecule has 4 rings (SSSR count). The Bertz CT molecular complexity index is 1140. The Balaban J connectivity index is 1.26. The minimum Gasteiger partial charge on any atom is -0.476 e. The molecule has 0 aliphatic carbocycles. The number of pyridine rings is 1. The first-order valence-electron chi connectivity index (χ1n) is 11.5. The maximum Gasteiger partial charge on any atom is 0.224 e. The van der Waals surface area contributed by atoms with Crippen molar-refractivity contribution < 1.29 is 18.3 Å². The van der Waals surface area contributed by atoms with E-state index in [0.29, 0.717) is 17.7 Å². The van der Waals surface area contributed by atoms with Crippen molar-refractivity contribution in [3.63, 3.8) is 0 Å². The predicted octanol–water partition coefficient (Wildman–Crippen LogP) is 2.30. The molecule has 1 aromatic carbocycles. The summed E-state index contributed by atoms with van der Waals surface area (Å²) < 4.78 is 33.4. The molecule has 1 saturated heterocycles. The number of benzene rings is 1. The maximum absolute atomic E-state index is 14.7. The fourth-order valence-electron chi connectivity index (χ4n) is 3.75. The highest BCUT2D eigenvalue weighted by Gasteiger charge is 2.14. The molecule has 3 heterocycles. The van der Waals surface area contributed by atoms with Crippen LogP contribution in [0.25, 0.3) is 11.1 Å². The van der Waals surface area contributed by atoms with Gasteiger partial charge in [-0.1, -0.05) is 24.3 Å². The van der Waals surface area contributed by atoms with Gasteiger partial charge in [0.1, 0.15) is 6.61 Å². The summed E-state index contributed by atoms with van der Waals surface area (Å²) in [6.07, 6.45) is 1.42. The fourth-order valence-corrected chi connectivity index (χ4v) is 3.75. The van der Waals surface area contributed by atoms with Gasteiger partial charge in [0.25, 0.3) is 0 Å². The number of rotatable bonds is 9. The van der Waals surface area contributed by atoms with Crippen LogP contribution in [0.15, 0.2) is 48.7 Å². The van der Waals surface area contributed by atoms with Gasteiger partial charge in [0.15, 0.2) is 5.82 Å². The predicted molar refractivity (Wildman–Crippen MR) is 127 cm³/mol. The van der Waals surface area contributed by atoms with Crippen molar-refractivity contribution >= 4 is 5.91 Å². The molecular weight excluding hydrogens is 454 g/mol. The summed E-state index contributed by atoms with van der Waals surface area (Å²) in [5, 5.41) is 2.66. The molecule has 0 spiro atoms. The highest BCUT2D eigenvalue weighted by atomic mass is 19.1. The van der Waals surface area contributed by atoms with Crippen LogP contribution < -0.4 is 10.1 Å². The highest BCUT2D eigenvalue weighted by Crippen LogP contribution is 2.24. The number of carbonyl (C=O) groups is 1. The highest BCUT2D eigenvalue weighted by molar-refractivity contribution is 5.78. The number of hydrogen-bond acceptors (Lipinski definition) is 7. The summed E-state index contributed by atoms with van der Waals surface area (Å²) >= 11 is 0.